The zero-order valence-corrected chi connectivity index (χ0v) is 9.24. The van der Waals surface area contributed by atoms with Gasteiger partial charge in [0.05, 0.1) is 19.8 Å². The molecular formula is C13H16O3. The van der Waals surface area contributed by atoms with Gasteiger partial charge in [0.2, 0.25) is 0 Å². The fraction of sp³-hybridized carbons (Fsp3) is 0.538. The second-order valence-electron chi connectivity index (χ2n) is 4.45. The molecule has 1 aromatic rings. The molecule has 1 saturated heterocycles. The minimum Gasteiger partial charge on any atom is -0.392 e. The zero-order chi connectivity index (χ0) is 11.0. The summed E-state index contributed by atoms with van der Waals surface area (Å²) in [6.07, 6.45) is 3.11. The van der Waals surface area contributed by atoms with Crippen LogP contribution in [0.4, 0.5) is 0 Å². The minimum absolute atomic E-state index is 0.0728. The molecule has 2 aliphatic rings. The van der Waals surface area contributed by atoms with E-state index in [1.165, 1.54) is 5.56 Å². The van der Waals surface area contributed by atoms with Crippen molar-refractivity contribution in [2.75, 3.05) is 13.2 Å². The van der Waals surface area contributed by atoms with E-state index in [4.69, 9.17) is 9.47 Å². The number of aryl methyl sites for hydroxylation is 1. The van der Waals surface area contributed by atoms with Crippen molar-refractivity contribution in [2.45, 2.75) is 31.7 Å². The van der Waals surface area contributed by atoms with Crippen molar-refractivity contribution in [3.8, 4) is 0 Å². The van der Waals surface area contributed by atoms with Gasteiger partial charge in [-0.25, -0.2) is 0 Å². The Morgan fingerprint density at radius 1 is 1.25 bits per heavy atom. The number of fused-ring (bicyclic) bond motifs is 2. The monoisotopic (exact) mass is 220 g/mol. The number of rotatable bonds is 1. The molecule has 0 aromatic heterocycles. The molecule has 1 heterocycles. The fourth-order valence-electron chi connectivity index (χ4n) is 2.70. The molecule has 1 N–H and O–H groups in total. The largest absolute Gasteiger partial charge is 0.392 e. The molecule has 0 amide bonds. The van der Waals surface area contributed by atoms with E-state index in [9.17, 15) is 5.11 Å². The van der Waals surface area contributed by atoms with Crippen LogP contribution < -0.4 is 0 Å². The van der Waals surface area contributed by atoms with Crippen molar-refractivity contribution in [2.24, 2.45) is 0 Å². The van der Waals surface area contributed by atoms with Gasteiger partial charge in [-0.15, -0.1) is 0 Å². The molecule has 1 spiro atoms. The molecule has 1 aliphatic heterocycles. The molecule has 1 fully saturated rings. The van der Waals surface area contributed by atoms with E-state index in [-0.39, 0.29) is 6.61 Å². The molecule has 86 valence electrons. The molecule has 3 heteroatoms. The van der Waals surface area contributed by atoms with Crippen LogP contribution in [-0.4, -0.2) is 18.3 Å². The molecule has 3 rings (SSSR count). The summed E-state index contributed by atoms with van der Waals surface area (Å²) in [5, 5.41) is 9.19. The van der Waals surface area contributed by atoms with Gasteiger partial charge in [0, 0.05) is 12.0 Å². The van der Waals surface area contributed by atoms with Crippen LogP contribution in [0.1, 0.15) is 29.5 Å². The third kappa shape index (κ3) is 1.47. The average molecular weight is 220 g/mol. The van der Waals surface area contributed by atoms with Gasteiger partial charge in [0.1, 0.15) is 0 Å². The highest BCUT2D eigenvalue weighted by atomic mass is 16.7. The van der Waals surface area contributed by atoms with Gasteiger partial charge >= 0.3 is 0 Å². The molecule has 0 unspecified atom stereocenters. The summed E-state index contributed by atoms with van der Waals surface area (Å²) in [6.45, 7) is 1.41. The minimum atomic E-state index is -0.515. The lowest BCUT2D eigenvalue weighted by Gasteiger charge is -2.34. The predicted molar refractivity (Wildman–Crippen MR) is 58.9 cm³/mol. The molecule has 0 bridgehead atoms. The van der Waals surface area contributed by atoms with Crippen LogP contribution >= 0.6 is 0 Å². The first-order chi connectivity index (χ1) is 7.84. The molecule has 0 radical (unpaired) electrons. The summed E-state index contributed by atoms with van der Waals surface area (Å²) in [4.78, 5) is 0. The van der Waals surface area contributed by atoms with Crippen LogP contribution in [0.3, 0.4) is 0 Å². The smallest absolute Gasteiger partial charge is 0.195 e. The van der Waals surface area contributed by atoms with E-state index in [1.54, 1.807) is 0 Å². The first kappa shape index (κ1) is 10.3. The van der Waals surface area contributed by atoms with Crippen molar-refractivity contribution in [1.29, 1.82) is 0 Å². The van der Waals surface area contributed by atoms with Crippen molar-refractivity contribution in [1.82, 2.24) is 0 Å². The maximum atomic E-state index is 9.19. The first-order valence-electron chi connectivity index (χ1n) is 5.85. The molecule has 0 saturated carbocycles. The van der Waals surface area contributed by atoms with Crippen LogP contribution in [0.5, 0.6) is 0 Å². The Balaban J connectivity index is 2.08. The van der Waals surface area contributed by atoms with Gasteiger partial charge in [-0.1, -0.05) is 12.1 Å². The van der Waals surface area contributed by atoms with Gasteiger partial charge in [-0.3, -0.25) is 0 Å². The lowest BCUT2D eigenvalue weighted by Crippen LogP contribution is -2.32. The Bertz CT molecular complexity index is 394. The van der Waals surface area contributed by atoms with Crippen molar-refractivity contribution < 1.29 is 14.6 Å². The fourth-order valence-corrected chi connectivity index (χ4v) is 2.70. The van der Waals surface area contributed by atoms with Crippen molar-refractivity contribution in [3.05, 3.63) is 34.9 Å². The lowest BCUT2D eigenvalue weighted by molar-refractivity contribution is -0.175. The maximum absolute atomic E-state index is 9.19. The number of ether oxygens (including phenoxy) is 2. The summed E-state index contributed by atoms with van der Waals surface area (Å²) in [6, 6.07) is 6.10. The highest BCUT2D eigenvalue weighted by molar-refractivity contribution is 5.37. The topological polar surface area (TPSA) is 38.7 Å². The van der Waals surface area contributed by atoms with Gasteiger partial charge in [-0.2, -0.15) is 0 Å². The molecule has 0 atom stereocenters. The maximum Gasteiger partial charge on any atom is 0.195 e. The zero-order valence-electron chi connectivity index (χ0n) is 9.24. The second-order valence-corrected chi connectivity index (χ2v) is 4.45. The third-order valence-electron chi connectivity index (χ3n) is 3.47. The van der Waals surface area contributed by atoms with E-state index in [1.807, 2.05) is 12.1 Å². The van der Waals surface area contributed by atoms with Gasteiger partial charge in [-0.05, 0) is 30.0 Å². The quantitative estimate of drug-likeness (QED) is 0.783. The van der Waals surface area contributed by atoms with Gasteiger partial charge in [0.15, 0.2) is 5.79 Å². The summed E-state index contributed by atoms with van der Waals surface area (Å²) >= 11 is 0. The van der Waals surface area contributed by atoms with Crippen molar-refractivity contribution in [3.63, 3.8) is 0 Å². The standard InChI is InChI=1S/C13H16O3/c14-9-10-3-4-11-2-1-5-13(12(11)8-10)15-6-7-16-13/h3-4,8,14H,1-2,5-7,9H2. The number of benzene rings is 1. The number of hydrogen-bond donors (Lipinski definition) is 1. The Morgan fingerprint density at radius 2 is 2.06 bits per heavy atom. The predicted octanol–water partition coefficient (Wildman–Crippen LogP) is 1.71. The average Bonchev–Trinajstić information content (AvgIpc) is 2.79. The first-order valence-corrected chi connectivity index (χ1v) is 5.85. The molecule has 16 heavy (non-hydrogen) atoms. The Hall–Kier alpha value is -0.900. The van der Waals surface area contributed by atoms with E-state index in [0.29, 0.717) is 13.2 Å². The van der Waals surface area contributed by atoms with Crippen LogP contribution in [0.2, 0.25) is 0 Å². The summed E-state index contributed by atoms with van der Waals surface area (Å²) in [5.41, 5.74) is 3.35. The number of hydrogen-bond acceptors (Lipinski definition) is 3. The van der Waals surface area contributed by atoms with Crippen LogP contribution in [-0.2, 0) is 28.3 Å². The molecule has 1 aromatic carbocycles. The Morgan fingerprint density at radius 3 is 2.81 bits per heavy atom. The summed E-state index contributed by atoms with van der Waals surface area (Å²) in [5.74, 6) is -0.515. The summed E-state index contributed by atoms with van der Waals surface area (Å²) in [7, 11) is 0. The van der Waals surface area contributed by atoms with E-state index in [0.717, 1.165) is 30.4 Å². The third-order valence-corrected chi connectivity index (χ3v) is 3.47. The van der Waals surface area contributed by atoms with Crippen LogP contribution in [0.15, 0.2) is 18.2 Å². The number of aliphatic hydroxyl groups excluding tert-OH is 1. The van der Waals surface area contributed by atoms with Crippen LogP contribution in [0.25, 0.3) is 0 Å². The van der Waals surface area contributed by atoms with E-state index >= 15 is 0 Å². The second kappa shape index (κ2) is 3.84. The Kier molecular flexibility index (Phi) is 2.46. The molecule has 1 aliphatic carbocycles. The van der Waals surface area contributed by atoms with E-state index in [2.05, 4.69) is 6.07 Å². The molecule has 3 nitrogen and oxygen atoms in total. The number of aliphatic hydroxyl groups is 1. The van der Waals surface area contributed by atoms with Crippen LogP contribution in [0, 0.1) is 0 Å². The highest BCUT2D eigenvalue weighted by Gasteiger charge is 2.41. The van der Waals surface area contributed by atoms with Gasteiger partial charge < -0.3 is 14.6 Å². The Labute approximate surface area is 95.0 Å². The summed E-state index contributed by atoms with van der Waals surface area (Å²) < 4.78 is 11.6. The lowest BCUT2D eigenvalue weighted by atomic mass is 9.85. The molecular weight excluding hydrogens is 204 g/mol. The van der Waals surface area contributed by atoms with Gasteiger partial charge in [0.25, 0.3) is 0 Å². The van der Waals surface area contributed by atoms with E-state index < -0.39 is 5.79 Å². The SMILES string of the molecule is OCc1ccc2c(c1)C1(CCC2)OCCO1. The highest BCUT2D eigenvalue weighted by Crippen LogP contribution is 2.42. The van der Waals surface area contributed by atoms with Crippen molar-refractivity contribution >= 4 is 0 Å². The normalized spacial score (nSPS) is 22.3.